The second-order valence-electron chi connectivity index (χ2n) is 7.96. The zero-order valence-electron chi connectivity index (χ0n) is 18.0. The first kappa shape index (κ1) is 20.9. The van der Waals surface area contributed by atoms with E-state index < -0.39 is 0 Å². The van der Waals surface area contributed by atoms with Crippen LogP contribution in [-0.2, 0) is 4.74 Å². The molecule has 2 aromatic carbocycles. The van der Waals surface area contributed by atoms with Crippen LogP contribution in [0.2, 0.25) is 0 Å². The Kier molecular flexibility index (Phi) is 6.21. The minimum atomic E-state index is -0.371. The molecule has 7 heteroatoms. The number of hydrogen-bond donors (Lipinski definition) is 2. The third kappa shape index (κ3) is 4.71. The molecule has 0 aliphatic carbocycles. The highest BCUT2D eigenvalue weighted by Gasteiger charge is 2.24. The summed E-state index contributed by atoms with van der Waals surface area (Å²) in [7, 11) is 0. The van der Waals surface area contributed by atoms with Gasteiger partial charge in [-0.3, -0.25) is 0 Å². The molecule has 1 atom stereocenters. The van der Waals surface area contributed by atoms with Crippen molar-refractivity contribution >= 4 is 22.8 Å². The van der Waals surface area contributed by atoms with E-state index in [4.69, 9.17) is 14.7 Å². The van der Waals surface area contributed by atoms with Gasteiger partial charge in [-0.1, -0.05) is 18.2 Å². The van der Waals surface area contributed by atoms with Crippen LogP contribution in [0.25, 0.3) is 22.3 Å². The van der Waals surface area contributed by atoms with Gasteiger partial charge in [0.1, 0.15) is 11.6 Å². The molecule has 1 fully saturated rings. The van der Waals surface area contributed by atoms with Gasteiger partial charge in [0.2, 0.25) is 0 Å². The minimum Gasteiger partial charge on any atom is -0.507 e. The summed E-state index contributed by atoms with van der Waals surface area (Å²) in [6.45, 7) is 6.45. The molecule has 1 unspecified atom stereocenters. The number of alkyl carbamates (subject to hydrolysis) is 1. The molecule has 0 bridgehead atoms. The third-order valence-electron chi connectivity index (χ3n) is 5.61. The van der Waals surface area contributed by atoms with E-state index in [1.54, 1.807) is 19.1 Å². The maximum atomic E-state index is 11.7. The summed E-state index contributed by atoms with van der Waals surface area (Å²) in [6, 6.07) is 13.3. The molecule has 2 N–H and O–H groups in total. The van der Waals surface area contributed by atoms with E-state index >= 15 is 0 Å². The van der Waals surface area contributed by atoms with Crippen molar-refractivity contribution in [2.75, 3.05) is 31.1 Å². The number of phenolic OH excluding ortho intramolecular Hbond substituents is 1. The zero-order chi connectivity index (χ0) is 21.8. The van der Waals surface area contributed by atoms with Gasteiger partial charge in [-0.2, -0.15) is 0 Å². The number of aryl methyl sites for hydroxylation is 1. The number of piperidine rings is 1. The Morgan fingerprint density at radius 3 is 2.94 bits per heavy atom. The largest absolute Gasteiger partial charge is 0.507 e. The van der Waals surface area contributed by atoms with Crippen molar-refractivity contribution in [3.63, 3.8) is 0 Å². The highest BCUT2D eigenvalue weighted by molar-refractivity contribution is 5.92. The molecule has 0 saturated carbocycles. The van der Waals surface area contributed by atoms with Gasteiger partial charge in [-0.05, 0) is 62.4 Å². The third-order valence-corrected chi connectivity index (χ3v) is 5.61. The molecule has 0 radical (unpaired) electrons. The number of carbonyl (C=O) groups is 1. The first-order valence-electron chi connectivity index (χ1n) is 10.8. The van der Waals surface area contributed by atoms with E-state index in [0.29, 0.717) is 30.5 Å². The summed E-state index contributed by atoms with van der Waals surface area (Å²) in [6.07, 6.45) is 1.68. The monoisotopic (exact) mass is 422 g/mol. The molecule has 4 rings (SSSR count). The van der Waals surface area contributed by atoms with Crippen molar-refractivity contribution in [3.8, 4) is 17.1 Å². The second-order valence-corrected chi connectivity index (χ2v) is 7.96. The number of benzene rings is 2. The Morgan fingerprint density at radius 1 is 1.29 bits per heavy atom. The fourth-order valence-electron chi connectivity index (χ4n) is 4.08. The molecular formula is C24H30N4O3. The summed E-state index contributed by atoms with van der Waals surface area (Å²) in [5.74, 6) is 1.85. The van der Waals surface area contributed by atoms with Gasteiger partial charge in [0, 0.05) is 26.4 Å². The molecule has 2 heterocycles. The Balaban J connectivity index is 0.00000289. The van der Waals surface area contributed by atoms with E-state index in [1.165, 1.54) is 0 Å². The molecule has 1 aliphatic heterocycles. The molecule has 0 spiro atoms. The average molecular weight is 423 g/mol. The van der Waals surface area contributed by atoms with Gasteiger partial charge in [0.15, 0.2) is 5.82 Å². The van der Waals surface area contributed by atoms with Gasteiger partial charge in [-0.25, -0.2) is 14.8 Å². The SMILES string of the molecule is CCOC(=O)NCC1CCCN(c2nc(-c3ccccc3O)nc3cc(C)ccc23)C1.[HH]. The van der Waals surface area contributed by atoms with Crippen LogP contribution in [0.1, 0.15) is 26.8 Å². The van der Waals surface area contributed by atoms with Crippen LogP contribution in [0.5, 0.6) is 5.75 Å². The number of phenols is 1. The number of aromatic hydroxyl groups is 1. The predicted octanol–water partition coefficient (Wildman–Crippen LogP) is 4.52. The van der Waals surface area contributed by atoms with Crippen LogP contribution >= 0.6 is 0 Å². The van der Waals surface area contributed by atoms with Crippen LogP contribution in [-0.4, -0.2) is 47.4 Å². The number of hydrogen-bond acceptors (Lipinski definition) is 6. The Bertz CT molecular complexity index is 1090. The number of anilines is 1. The van der Waals surface area contributed by atoms with Crippen LogP contribution in [0, 0.1) is 12.8 Å². The van der Waals surface area contributed by atoms with E-state index in [2.05, 4.69) is 22.3 Å². The molecule has 1 saturated heterocycles. The number of nitrogens with one attached hydrogen (secondary N) is 1. The molecule has 31 heavy (non-hydrogen) atoms. The lowest BCUT2D eigenvalue weighted by atomic mass is 9.97. The summed E-state index contributed by atoms with van der Waals surface area (Å²) in [5.41, 5.74) is 2.59. The van der Waals surface area contributed by atoms with Gasteiger partial charge < -0.3 is 20.1 Å². The number of amides is 1. The van der Waals surface area contributed by atoms with Crippen LogP contribution in [0.15, 0.2) is 42.5 Å². The molecule has 1 amide bonds. The molecule has 3 aromatic rings. The van der Waals surface area contributed by atoms with Crippen molar-refractivity contribution in [2.24, 2.45) is 5.92 Å². The van der Waals surface area contributed by atoms with Crippen LogP contribution in [0.3, 0.4) is 0 Å². The molecule has 1 aromatic heterocycles. The topological polar surface area (TPSA) is 87.6 Å². The normalized spacial score (nSPS) is 16.3. The van der Waals surface area contributed by atoms with Crippen LogP contribution in [0.4, 0.5) is 10.6 Å². The number of nitrogens with zero attached hydrogens (tertiary/aromatic N) is 3. The molecule has 7 nitrogen and oxygen atoms in total. The minimum absolute atomic E-state index is 0. The Morgan fingerprint density at radius 2 is 2.13 bits per heavy atom. The maximum absolute atomic E-state index is 11.7. The van der Waals surface area contributed by atoms with Gasteiger partial charge in [0.25, 0.3) is 0 Å². The fourth-order valence-corrected chi connectivity index (χ4v) is 4.08. The van der Waals surface area contributed by atoms with E-state index in [9.17, 15) is 9.90 Å². The van der Waals surface area contributed by atoms with Crippen molar-refractivity contribution in [1.82, 2.24) is 15.3 Å². The lowest BCUT2D eigenvalue weighted by Crippen LogP contribution is -2.41. The quantitative estimate of drug-likeness (QED) is 0.629. The second kappa shape index (κ2) is 9.20. The summed E-state index contributed by atoms with van der Waals surface area (Å²) in [5, 5.41) is 14.2. The Labute approximate surface area is 183 Å². The Hall–Kier alpha value is -3.35. The van der Waals surface area contributed by atoms with E-state index in [1.807, 2.05) is 25.1 Å². The number of rotatable bonds is 5. The molecular weight excluding hydrogens is 392 g/mol. The lowest BCUT2D eigenvalue weighted by Gasteiger charge is -2.34. The van der Waals surface area contributed by atoms with Crippen molar-refractivity contribution in [3.05, 3.63) is 48.0 Å². The number of fused-ring (bicyclic) bond motifs is 1. The highest BCUT2D eigenvalue weighted by Crippen LogP contribution is 2.33. The number of para-hydroxylation sites is 1. The van der Waals surface area contributed by atoms with Crippen molar-refractivity contribution in [2.45, 2.75) is 26.7 Å². The summed E-state index contributed by atoms with van der Waals surface area (Å²) in [4.78, 5) is 23.6. The summed E-state index contributed by atoms with van der Waals surface area (Å²) >= 11 is 0. The van der Waals surface area contributed by atoms with E-state index in [0.717, 1.165) is 48.2 Å². The highest BCUT2D eigenvalue weighted by atomic mass is 16.5. The number of carbonyl (C=O) groups excluding carboxylic acids is 1. The van der Waals surface area contributed by atoms with Crippen molar-refractivity contribution < 1.29 is 16.1 Å². The number of ether oxygens (including phenoxy) is 1. The lowest BCUT2D eigenvalue weighted by molar-refractivity contribution is 0.150. The van der Waals surface area contributed by atoms with Gasteiger partial charge in [-0.15, -0.1) is 0 Å². The fraction of sp³-hybridized carbons (Fsp3) is 0.375. The first-order valence-corrected chi connectivity index (χ1v) is 10.8. The molecule has 1 aliphatic rings. The van der Waals surface area contributed by atoms with Gasteiger partial charge >= 0.3 is 6.09 Å². The van der Waals surface area contributed by atoms with Crippen molar-refractivity contribution in [1.29, 1.82) is 0 Å². The van der Waals surface area contributed by atoms with Gasteiger partial charge in [0.05, 0.1) is 17.7 Å². The van der Waals surface area contributed by atoms with Crippen LogP contribution < -0.4 is 10.2 Å². The molecule has 164 valence electrons. The zero-order valence-corrected chi connectivity index (χ0v) is 18.0. The standard InChI is InChI=1S/C24H28N4O3.H2/c1-3-31-24(30)25-14-17-7-6-12-28(15-17)23-18-11-10-16(2)13-20(18)26-22(27-23)19-8-4-5-9-21(19)29;/h4-5,8-11,13,17,29H,3,6-7,12,14-15H2,1-2H3,(H,25,30);1H. The summed E-state index contributed by atoms with van der Waals surface area (Å²) < 4.78 is 4.98. The first-order chi connectivity index (χ1) is 15.0. The average Bonchev–Trinajstić information content (AvgIpc) is 2.77. The smallest absolute Gasteiger partial charge is 0.407 e. The van der Waals surface area contributed by atoms with E-state index in [-0.39, 0.29) is 13.3 Å². The predicted molar refractivity (Wildman–Crippen MR) is 123 cm³/mol. The number of aromatic nitrogens is 2. The maximum Gasteiger partial charge on any atom is 0.407 e.